The van der Waals surface area contributed by atoms with Gasteiger partial charge in [0.2, 0.25) is 0 Å². The topological polar surface area (TPSA) is 64.9 Å². The largest absolute Gasteiger partial charge is 0.359 e. The monoisotopic (exact) mass is 471 g/mol. The molecule has 2 N–H and O–H groups in total. The molecule has 0 atom stereocenters. The van der Waals surface area contributed by atoms with Crippen LogP contribution >= 0.6 is 45.8 Å². The van der Waals surface area contributed by atoms with Gasteiger partial charge in [-0.1, -0.05) is 23.2 Å². The fourth-order valence-electron chi connectivity index (χ4n) is 1.86. The smallest absolute Gasteiger partial charge is 0.267 e. The number of hydrogen-bond acceptors (Lipinski definition) is 3. The number of anilines is 2. The molecule has 1 amide bonds. The lowest BCUT2D eigenvalue weighted by molar-refractivity contribution is -0.112. The van der Waals surface area contributed by atoms with Crippen molar-refractivity contribution in [2.45, 2.75) is 6.92 Å². The van der Waals surface area contributed by atoms with Gasteiger partial charge in [0.25, 0.3) is 5.91 Å². The van der Waals surface area contributed by atoms with Crippen molar-refractivity contribution >= 4 is 63.1 Å². The van der Waals surface area contributed by atoms with E-state index in [-0.39, 0.29) is 5.57 Å². The minimum Gasteiger partial charge on any atom is -0.359 e. The summed E-state index contributed by atoms with van der Waals surface area (Å²) in [5.74, 6) is -0.501. The van der Waals surface area contributed by atoms with Crippen LogP contribution in [0.5, 0.6) is 0 Å². The van der Waals surface area contributed by atoms with Crippen molar-refractivity contribution in [3.63, 3.8) is 0 Å². The van der Waals surface area contributed by atoms with Gasteiger partial charge in [0.05, 0.1) is 10.7 Å². The van der Waals surface area contributed by atoms with Crippen molar-refractivity contribution in [2.75, 3.05) is 10.6 Å². The maximum atomic E-state index is 12.2. The Morgan fingerprint density at radius 1 is 1.21 bits per heavy atom. The molecule has 0 aliphatic heterocycles. The lowest BCUT2D eigenvalue weighted by atomic mass is 10.2. The lowest BCUT2D eigenvalue weighted by Crippen LogP contribution is -2.15. The molecule has 2 aromatic carbocycles. The van der Waals surface area contributed by atoms with Crippen LogP contribution < -0.4 is 10.6 Å². The third-order valence-corrected chi connectivity index (χ3v) is 4.32. The quantitative estimate of drug-likeness (QED) is 0.358. The lowest BCUT2D eigenvalue weighted by Gasteiger charge is -2.09. The number of aryl methyl sites for hydroxylation is 1. The first-order valence-electron chi connectivity index (χ1n) is 6.80. The van der Waals surface area contributed by atoms with Gasteiger partial charge >= 0.3 is 0 Å². The summed E-state index contributed by atoms with van der Waals surface area (Å²) in [4.78, 5) is 12.2. The molecule has 24 heavy (non-hydrogen) atoms. The van der Waals surface area contributed by atoms with E-state index in [1.807, 2.05) is 25.1 Å². The van der Waals surface area contributed by atoms with Gasteiger partial charge in [-0.15, -0.1) is 0 Å². The van der Waals surface area contributed by atoms with Crippen LogP contribution in [0.2, 0.25) is 10.0 Å². The van der Waals surface area contributed by atoms with Gasteiger partial charge < -0.3 is 10.6 Å². The highest BCUT2D eigenvalue weighted by Gasteiger charge is 2.11. The Morgan fingerprint density at radius 2 is 1.92 bits per heavy atom. The molecular formula is C17H12Cl2IN3O. The zero-order valence-electron chi connectivity index (χ0n) is 12.5. The number of halogens is 3. The van der Waals surface area contributed by atoms with E-state index in [0.717, 1.165) is 9.13 Å². The number of nitriles is 1. The summed E-state index contributed by atoms with van der Waals surface area (Å²) in [7, 11) is 0. The zero-order chi connectivity index (χ0) is 17.7. The summed E-state index contributed by atoms with van der Waals surface area (Å²) in [5.41, 5.74) is 2.05. The van der Waals surface area contributed by atoms with Crippen molar-refractivity contribution in [1.29, 1.82) is 5.26 Å². The zero-order valence-corrected chi connectivity index (χ0v) is 16.2. The first kappa shape index (κ1) is 18.6. The highest BCUT2D eigenvalue weighted by molar-refractivity contribution is 14.1. The molecule has 0 saturated heterocycles. The molecule has 4 nitrogen and oxygen atoms in total. The summed E-state index contributed by atoms with van der Waals surface area (Å²) in [6.45, 7) is 1.89. The average molecular weight is 472 g/mol. The van der Waals surface area contributed by atoms with Crippen LogP contribution in [0, 0.1) is 21.8 Å². The minimum absolute atomic E-state index is 0.0704. The number of nitrogens with zero attached hydrogens (tertiary/aromatic N) is 1. The average Bonchev–Trinajstić information content (AvgIpc) is 2.52. The third kappa shape index (κ3) is 4.87. The molecule has 7 heteroatoms. The molecule has 0 spiro atoms. The molecule has 0 aromatic heterocycles. The summed E-state index contributed by atoms with van der Waals surface area (Å²) in [5, 5.41) is 15.7. The Labute approximate surface area is 163 Å². The molecule has 0 aliphatic carbocycles. The molecule has 0 saturated carbocycles. The minimum atomic E-state index is -0.501. The number of nitrogens with one attached hydrogen (secondary N) is 2. The normalized spacial score (nSPS) is 10.9. The molecule has 0 fully saturated rings. The second-order valence-corrected chi connectivity index (χ2v) is 6.94. The highest BCUT2D eigenvalue weighted by atomic mass is 127. The second kappa shape index (κ2) is 8.38. The van der Waals surface area contributed by atoms with Crippen molar-refractivity contribution in [2.24, 2.45) is 0 Å². The van der Waals surface area contributed by atoms with Crippen molar-refractivity contribution in [3.05, 3.63) is 67.4 Å². The van der Waals surface area contributed by atoms with Gasteiger partial charge in [0, 0.05) is 20.5 Å². The molecule has 0 heterocycles. The van der Waals surface area contributed by atoms with Crippen molar-refractivity contribution < 1.29 is 4.79 Å². The molecule has 0 radical (unpaired) electrons. The number of carbonyl (C=O) groups excluding carboxylic acids is 1. The van der Waals surface area contributed by atoms with E-state index in [1.165, 1.54) is 6.20 Å². The maximum Gasteiger partial charge on any atom is 0.267 e. The predicted molar refractivity (Wildman–Crippen MR) is 106 cm³/mol. The van der Waals surface area contributed by atoms with Crippen LogP contribution in [0.1, 0.15) is 5.56 Å². The van der Waals surface area contributed by atoms with Gasteiger partial charge in [-0.25, -0.2) is 0 Å². The number of rotatable bonds is 4. The van der Waals surface area contributed by atoms with E-state index in [9.17, 15) is 10.1 Å². The van der Waals surface area contributed by atoms with Crippen LogP contribution in [-0.2, 0) is 4.79 Å². The number of hydrogen-bond donors (Lipinski definition) is 2. The van der Waals surface area contributed by atoms with Gasteiger partial charge in [-0.05, 0) is 71.5 Å². The highest BCUT2D eigenvalue weighted by Crippen LogP contribution is 2.25. The molecule has 0 aliphatic rings. The molecule has 122 valence electrons. The van der Waals surface area contributed by atoms with E-state index in [2.05, 4.69) is 33.2 Å². The summed E-state index contributed by atoms with van der Waals surface area (Å²) < 4.78 is 1.07. The predicted octanol–water partition coefficient (Wildman–Crippen LogP) is 5.36. The van der Waals surface area contributed by atoms with Crippen LogP contribution in [0.15, 0.2) is 48.2 Å². The van der Waals surface area contributed by atoms with Crippen molar-refractivity contribution in [3.8, 4) is 6.07 Å². The van der Waals surface area contributed by atoms with E-state index in [1.54, 1.807) is 24.3 Å². The fraction of sp³-hybridized carbons (Fsp3) is 0.0588. The summed E-state index contributed by atoms with van der Waals surface area (Å²) in [6, 6.07) is 12.4. The first-order chi connectivity index (χ1) is 11.4. The SMILES string of the molecule is Cc1cc(I)ccc1NC(=O)/C(C#N)=C\Nc1ccc(Cl)cc1Cl. The van der Waals surface area contributed by atoms with Gasteiger partial charge in [0.15, 0.2) is 0 Å². The van der Waals surface area contributed by atoms with E-state index in [4.69, 9.17) is 23.2 Å². The van der Waals surface area contributed by atoms with Crippen molar-refractivity contribution in [1.82, 2.24) is 0 Å². The summed E-state index contributed by atoms with van der Waals surface area (Å²) >= 11 is 14.1. The fourth-order valence-corrected chi connectivity index (χ4v) is 2.97. The Hall–Kier alpha value is -1.75. The Balaban J connectivity index is 2.15. The molecule has 0 unspecified atom stereocenters. The Kier molecular flexibility index (Phi) is 6.49. The van der Waals surface area contributed by atoms with Crippen LogP contribution in [-0.4, -0.2) is 5.91 Å². The molecule has 2 aromatic rings. The van der Waals surface area contributed by atoms with Gasteiger partial charge in [-0.2, -0.15) is 5.26 Å². The molecule has 2 rings (SSSR count). The molecule has 0 bridgehead atoms. The summed E-state index contributed by atoms with van der Waals surface area (Å²) in [6.07, 6.45) is 1.31. The van der Waals surface area contributed by atoms with E-state index in [0.29, 0.717) is 21.4 Å². The Morgan fingerprint density at radius 3 is 2.54 bits per heavy atom. The second-order valence-electron chi connectivity index (χ2n) is 4.85. The standard InChI is InChI=1S/C17H12Cl2IN3O/c1-10-6-13(20)3-5-15(10)23-17(24)11(8-21)9-22-16-4-2-12(18)7-14(16)19/h2-7,9,22H,1H3,(H,23,24)/b11-9-. The Bertz CT molecular complexity index is 859. The van der Waals surface area contributed by atoms with Crippen LogP contribution in [0.25, 0.3) is 0 Å². The van der Waals surface area contributed by atoms with Crippen LogP contribution in [0.4, 0.5) is 11.4 Å². The number of amides is 1. The number of carbonyl (C=O) groups is 1. The van der Waals surface area contributed by atoms with Gasteiger partial charge in [-0.3, -0.25) is 4.79 Å². The third-order valence-electron chi connectivity index (χ3n) is 3.10. The first-order valence-corrected chi connectivity index (χ1v) is 8.63. The molecular weight excluding hydrogens is 460 g/mol. The van der Waals surface area contributed by atoms with E-state index < -0.39 is 5.91 Å². The maximum absolute atomic E-state index is 12.2. The number of benzene rings is 2. The van der Waals surface area contributed by atoms with Crippen LogP contribution in [0.3, 0.4) is 0 Å². The van der Waals surface area contributed by atoms with E-state index >= 15 is 0 Å². The van der Waals surface area contributed by atoms with Gasteiger partial charge in [0.1, 0.15) is 11.6 Å².